The number of rotatable bonds is 8. The van der Waals surface area contributed by atoms with Gasteiger partial charge in [-0.25, -0.2) is 9.98 Å². The van der Waals surface area contributed by atoms with Gasteiger partial charge >= 0.3 is 0 Å². The van der Waals surface area contributed by atoms with Crippen molar-refractivity contribution in [2.75, 3.05) is 13.1 Å². The van der Waals surface area contributed by atoms with Crippen molar-refractivity contribution >= 4 is 5.96 Å². The average molecular weight is 351 g/mol. The van der Waals surface area contributed by atoms with Gasteiger partial charge in [-0.1, -0.05) is 30.3 Å². The summed E-state index contributed by atoms with van der Waals surface area (Å²) in [5.74, 6) is 2.69. The van der Waals surface area contributed by atoms with Crippen LogP contribution in [-0.2, 0) is 19.5 Å². The fourth-order valence-electron chi connectivity index (χ4n) is 2.69. The summed E-state index contributed by atoms with van der Waals surface area (Å²) >= 11 is 0. The average Bonchev–Trinajstić information content (AvgIpc) is 3.33. The Hall–Kier alpha value is -3.02. The summed E-state index contributed by atoms with van der Waals surface area (Å²) in [6.07, 6.45) is 6.37. The molecule has 2 aromatic heterocycles. The van der Waals surface area contributed by atoms with Crippen molar-refractivity contribution in [3.63, 3.8) is 0 Å². The van der Waals surface area contributed by atoms with Gasteiger partial charge in [0.15, 0.2) is 5.96 Å². The van der Waals surface area contributed by atoms with Gasteiger partial charge in [0.1, 0.15) is 18.1 Å². The molecule has 2 N–H and O–H groups in total. The summed E-state index contributed by atoms with van der Waals surface area (Å²) in [5.41, 5.74) is 1.27. The van der Waals surface area contributed by atoms with Gasteiger partial charge in [-0.15, -0.1) is 0 Å². The van der Waals surface area contributed by atoms with Crippen molar-refractivity contribution in [2.24, 2.45) is 4.99 Å². The van der Waals surface area contributed by atoms with Crippen molar-refractivity contribution < 1.29 is 4.42 Å². The van der Waals surface area contributed by atoms with E-state index in [0.717, 1.165) is 43.6 Å². The Balaban J connectivity index is 1.53. The van der Waals surface area contributed by atoms with Crippen LogP contribution in [0, 0.1) is 0 Å². The van der Waals surface area contributed by atoms with Gasteiger partial charge in [-0.05, 0) is 24.6 Å². The fraction of sp³-hybridized carbons (Fsp3) is 0.300. The van der Waals surface area contributed by atoms with E-state index in [1.165, 1.54) is 5.56 Å². The second kappa shape index (κ2) is 9.46. The number of imidazole rings is 1. The number of aliphatic imine (C=N–C) groups is 1. The van der Waals surface area contributed by atoms with E-state index in [4.69, 9.17) is 4.42 Å². The topological polar surface area (TPSA) is 67.4 Å². The lowest BCUT2D eigenvalue weighted by Gasteiger charge is -2.12. The summed E-state index contributed by atoms with van der Waals surface area (Å²) in [5, 5.41) is 6.61. The van der Waals surface area contributed by atoms with Crippen molar-refractivity contribution in [1.29, 1.82) is 0 Å². The Morgan fingerprint density at radius 3 is 2.81 bits per heavy atom. The minimum atomic E-state index is 0.519. The standard InChI is InChI=1S/C20H25N5O/c1-2-21-20(24-15-18-9-6-14-26-18)23-11-10-19-22-12-13-25(19)16-17-7-4-3-5-8-17/h3-9,12-14H,2,10-11,15-16H2,1H3,(H2,21,23,24). The predicted octanol–water partition coefficient (Wildman–Crippen LogP) is 2.82. The van der Waals surface area contributed by atoms with Crippen molar-refractivity contribution in [2.45, 2.75) is 26.4 Å². The molecule has 6 heteroatoms. The van der Waals surface area contributed by atoms with Crippen molar-refractivity contribution in [3.8, 4) is 0 Å². The van der Waals surface area contributed by atoms with Crippen molar-refractivity contribution in [1.82, 2.24) is 20.2 Å². The monoisotopic (exact) mass is 351 g/mol. The molecule has 0 saturated carbocycles. The van der Waals surface area contributed by atoms with Gasteiger partial charge in [0, 0.05) is 38.4 Å². The molecule has 3 rings (SSSR count). The number of furan rings is 1. The van der Waals surface area contributed by atoms with Crippen LogP contribution >= 0.6 is 0 Å². The van der Waals surface area contributed by atoms with Gasteiger partial charge in [0.25, 0.3) is 0 Å². The van der Waals surface area contributed by atoms with Crippen LogP contribution in [0.2, 0.25) is 0 Å². The Bertz CT molecular complexity index is 793. The molecule has 3 aromatic rings. The molecule has 2 heterocycles. The third-order valence-electron chi connectivity index (χ3n) is 3.96. The van der Waals surface area contributed by atoms with E-state index in [2.05, 4.69) is 56.4 Å². The molecule has 0 radical (unpaired) electrons. The molecule has 0 unspecified atom stereocenters. The summed E-state index contributed by atoms with van der Waals surface area (Å²) in [6, 6.07) is 14.2. The van der Waals surface area contributed by atoms with Gasteiger partial charge in [-0.2, -0.15) is 0 Å². The number of aromatic nitrogens is 2. The number of guanidine groups is 1. The highest BCUT2D eigenvalue weighted by Crippen LogP contribution is 2.06. The minimum absolute atomic E-state index is 0.519. The van der Waals surface area contributed by atoms with E-state index >= 15 is 0 Å². The first-order valence-corrected chi connectivity index (χ1v) is 8.93. The molecule has 0 bridgehead atoms. The molecular formula is C20H25N5O. The predicted molar refractivity (Wildman–Crippen MR) is 103 cm³/mol. The van der Waals surface area contributed by atoms with Gasteiger partial charge in [0.2, 0.25) is 0 Å². The van der Waals surface area contributed by atoms with E-state index in [9.17, 15) is 0 Å². The zero-order chi connectivity index (χ0) is 18.0. The molecule has 0 spiro atoms. The Morgan fingerprint density at radius 1 is 1.15 bits per heavy atom. The van der Waals surface area contributed by atoms with Crippen LogP contribution in [0.4, 0.5) is 0 Å². The summed E-state index contributed by atoms with van der Waals surface area (Å²) in [4.78, 5) is 9.03. The van der Waals surface area contributed by atoms with Crippen LogP contribution in [0.1, 0.15) is 24.1 Å². The molecule has 1 aromatic carbocycles. The molecule has 136 valence electrons. The lowest BCUT2D eigenvalue weighted by atomic mass is 10.2. The van der Waals surface area contributed by atoms with Crippen LogP contribution in [-0.4, -0.2) is 28.6 Å². The van der Waals surface area contributed by atoms with E-state index in [1.54, 1.807) is 6.26 Å². The maximum atomic E-state index is 5.32. The molecule has 0 aliphatic heterocycles. The number of hydrogen-bond donors (Lipinski definition) is 2. The summed E-state index contributed by atoms with van der Waals surface area (Å²) in [6.45, 7) is 4.98. The van der Waals surface area contributed by atoms with Crippen LogP contribution in [0.5, 0.6) is 0 Å². The smallest absolute Gasteiger partial charge is 0.191 e. The summed E-state index contributed by atoms with van der Waals surface area (Å²) < 4.78 is 7.51. The van der Waals surface area contributed by atoms with Crippen LogP contribution < -0.4 is 10.6 Å². The highest BCUT2D eigenvalue weighted by Gasteiger charge is 2.05. The number of nitrogens with one attached hydrogen (secondary N) is 2. The van der Waals surface area contributed by atoms with Gasteiger partial charge < -0.3 is 19.6 Å². The third-order valence-corrected chi connectivity index (χ3v) is 3.96. The molecule has 0 saturated heterocycles. The highest BCUT2D eigenvalue weighted by atomic mass is 16.3. The Kier molecular flexibility index (Phi) is 6.47. The minimum Gasteiger partial charge on any atom is -0.467 e. The first-order valence-electron chi connectivity index (χ1n) is 8.93. The molecule has 6 nitrogen and oxygen atoms in total. The van der Waals surface area contributed by atoms with E-state index in [-0.39, 0.29) is 0 Å². The lowest BCUT2D eigenvalue weighted by molar-refractivity contribution is 0.512. The normalized spacial score (nSPS) is 11.5. The zero-order valence-corrected chi connectivity index (χ0v) is 15.1. The number of hydrogen-bond acceptors (Lipinski definition) is 3. The fourth-order valence-corrected chi connectivity index (χ4v) is 2.69. The summed E-state index contributed by atoms with van der Waals surface area (Å²) in [7, 11) is 0. The van der Waals surface area contributed by atoms with Gasteiger partial charge in [0.05, 0.1) is 6.26 Å². The Morgan fingerprint density at radius 2 is 2.04 bits per heavy atom. The van der Waals surface area contributed by atoms with Crippen LogP contribution in [0.3, 0.4) is 0 Å². The molecular weight excluding hydrogens is 326 g/mol. The van der Waals surface area contributed by atoms with Crippen molar-refractivity contribution in [3.05, 3.63) is 78.3 Å². The van der Waals surface area contributed by atoms with E-state index in [0.29, 0.717) is 6.54 Å². The maximum Gasteiger partial charge on any atom is 0.191 e. The highest BCUT2D eigenvalue weighted by molar-refractivity contribution is 5.79. The SMILES string of the molecule is CCNC(=NCc1ccco1)NCCc1nccn1Cc1ccccc1. The second-order valence-electron chi connectivity index (χ2n) is 5.91. The first kappa shape index (κ1) is 17.8. The molecule has 0 atom stereocenters. The Labute approximate surface area is 154 Å². The largest absolute Gasteiger partial charge is 0.467 e. The quantitative estimate of drug-likeness (QED) is 0.484. The van der Waals surface area contributed by atoms with Crippen LogP contribution in [0.15, 0.2) is 70.5 Å². The molecule has 0 fully saturated rings. The van der Waals surface area contributed by atoms with Crippen LogP contribution in [0.25, 0.3) is 0 Å². The molecule has 0 aliphatic rings. The second-order valence-corrected chi connectivity index (χ2v) is 5.91. The number of benzene rings is 1. The van der Waals surface area contributed by atoms with E-state index in [1.807, 2.05) is 30.6 Å². The third kappa shape index (κ3) is 5.24. The number of nitrogens with zero attached hydrogens (tertiary/aromatic N) is 3. The molecule has 0 aliphatic carbocycles. The first-order chi connectivity index (χ1) is 12.8. The lowest BCUT2D eigenvalue weighted by Crippen LogP contribution is -2.38. The molecule has 0 amide bonds. The maximum absolute atomic E-state index is 5.32. The van der Waals surface area contributed by atoms with E-state index < -0.39 is 0 Å². The zero-order valence-electron chi connectivity index (χ0n) is 15.1. The molecule has 26 heavy (non-hydrogen) atoms. The van der Waals surface area contributed by atoms with Gasteiger partial charge in [-0.3, -0.25) is 0 Å².